The largest absolute Gasteiger partial charge is 0.482 e. The highest BCUT2D eigenvalue weighted by atomic mass is 16.6. The Kier molecular flexibility index (Phi) is 4.64. The van der Waals surface area contributed by atoms with Crippen molar-refractivity contribution in [3.05, 3.63) is 29.8 Å². The first-order chi connectivity index (χ1) is 10.7. The first-order valence-corrected chi connectivity index (χ1v) is 7.91. The predicted octanol–water partition coefficient (Wildman–Crippen LogP) is 1.42. The molecule has 0 radical (unpaired) electrons. The van der Waals surface area contributed by atoms with E-state index in [1.807, 2.05) is 12.1 Å². The van der Waals surface area contributed by atoms with Gasteiger partial charge in [0, 0.05) is 19.6 Å². The van der Waals surface area contributed by atoms with Crippen LogP contribution in [0.1, 0.15) is 18.4 Å². The maximum atomic E-state index is 11.0. The minimum atomic E-state index is -0.364. The molecule has 0 saturated carbocycles. The molecule has 5 nitrogen and oxygen atoms in total. The van der Waals surface area contributed by atoms with Gasteiger partial charge in [0.05, 0.1) is 7.11 Å². The van der Waals surface area contributed by atoms with E-state index in [1.165, 1.54) is 51.7 Å². The Morgan fingerprint density at radius 1 is 1.32 bits per heavy atom. The molecule has 120 valence electrons. The van der Waals surface area contributed by atoms with Gasteiger partial charge in [-0.1, -0.05) is 12.1 Å². The number of hydrogen-bond acceptors (Lipinski definition) is 5. The Balaban J connectivity index is 1.50. The molecule has 2 heterocycles. The highest BCUT2D eigenvalue weighted by molar-refractivity contribution is 5.70. The lowest BCUT2D eigenvalue weighted by Gasteiger charge is -2.22. The van der Waals surface area contributed by atoms with Gasteiger partial charge in [-0.05, 0) is 49.0 Å². The Hall–Kier alpha value is -1.59. The standard InChI is InChI=1S/C17H24N2O3/c1-21-16(20)11-22-15-4-2-14(3-5-15)10-19-9-7-17(13-19)6-8-18-12-17/h2-5,18H,6-13H2,1H3. The molecule has 0 aromatic heterocycles. The topological polar surface area (TPSA) is 50.8 Å². The second-order valence-electron chi connectivity index (χ2n) is 6.40. The van der Waals surface area contributed by atoms with Gasteiger partial charge in [-0.2, -0.15) is 0 Å². The second kappa shape index (κ2) is 6.67. The fraction of sp³-hybridized carbons (Fsp3) is 0.588. The number of methoxy groups -OCH3 is 1. The summed E-state index contributed by atoms with van der Waals surface area (Å²) in [6.45, 7) is 5.66. The number of ether oxygens (including phenoxy) is 2. The number of carbonyl (C=O) groups is 1. The summed E-state index contributed by atoms with van der Waals surface area (Å²) in [5, 5.41) is 3.49. The zero-order valence-corrected chi connectivity index (χ0v) is 13.1. The molecule has 0 amide bonds. The van der Waals surface area contributed by atoms with Crippen LogP contribution in [0.25, 0.3) is 0 Å². The summed E-state index contributed by atoms with van der Waals surface area (Å²) in [7, 11) is 1.36. The average Bonchev–Trinajstić information content (AvgIpc) is 3.16. The van der Waals surface area contributed by atoms with E-state index in [9.17, 15) is 4.79 Å². The number of benzene rings is 1. The molecular weight excluding hydrogens is 280 g/mol. The zero-order chi connectivity index (χ0) is 15.4. The van der Waals surface area contributed by atoms with Crippen LogP contribution in [0, 0.1) is 5.41 Å². The molecule has 1 N–H and O–H groups in total. The third-order valence-electron chi connectivity index (χ3n) is 4.76. The van der Waals surface area contributed by atoms with Crippen molar-refractivity contribution in [1.29, 1.82) is 0 Å². The lowest BCUT2D eigenvalue weighted by molar-refractivity contribution is -0.142. The van der Waals surface area contributed by atoms with Gasteiger partial charge in [0.25, 0.3) is 0 Å². The summed E-state index contributed by atoms with van der Waals surface area (Å²) in [5.41, 5.74) is 1.80. The monoisotopic (exact) mass is 304 g/mol. The van der Waals surface area contributed by atoms with Crippen molar-refractivity contribution in [2.75, 3.05) is 39.9 Å². The molecule has 1 atom stereocenters. The number of carbonyl (C=O) groups excluding carboxylic acids is 1. The van der Waals surface area contributed by atoms with Crippen LogP contribution < -0.4 is 10.1 Å². The number of nitrogens with zero attached hydrogens (tertiary/aromatic N) is 1. The minimum Gasteiger partial charge on any atom is -0.482 e. The number of hydrogen-bond donors (Lipinski definition) is 1. The summed E-state index contributed by atoms with van der Waals surface area (Å²) < 4.78 is 9.92. The lowest BCUT2D eigenvalue weighted by Crippen LogP contribution is -2.28. The molecule has 2 fully saturated rings. The average molecular weight is 304 g/mol. The maximum Gasteiger partial charge on any atom is 0.343 e. The quantitative estimate of drug-likeness (QED) is 0.834. The van der Waals surface area contributed by atoms with Crippen molar-refractivity contribution < 1.29 is 14.3 Å². The highest BCUT2D eigenvalue weighted by Gasteiger charge is 2.39. The van der Waals surface area contributed by atoms with Crippen LogP contribution in [-0.2, 0) is 16.1 Å². The van der Waals surface area contributed by atoms with Crippen molar-refractivity contribution in [3.8, 4) is 5.75 Å². The van der Waals surface area contributed by atoms with Gasteiger partial charge in [0.1, 0.15) is 5.75 Å². The molecule has 0 aliphatic carbocycles. The predicted molar refractivity (Wildman–Crippen MR) is 83.8 cm³/mol. The molecule has 2 aliphatic heterocycles. The molecule has 2 saturated heterocycles. The molecule has 2 aliphatic rings. The van der Waals surface area contributed by atoms with Crippen molar-refractivity contribution in [3.63, 3.8) is 0 Å². The molecule has 1 aromatic rings. The van der Waals surface area contributed by atoms with E-state index >= 15 is 0 Å². The van der Waals surface area contributed by atoms with Crippen LogP contribution in [0.5, 0.6) is 5.75 Å². The molecular formula is C17H24N2O3. The number of likely N-dealkylation sites (tertiary alicyclic amines) is 1. The van der Waals surface area contributed by atoms with Gasteiger partial charge in [-0.3, -0.25) is 4.90 Å². The summed E-state index contributed by atoms with van der Waals surface area (Å²) in [4.78, 5) is 13.6. The number of esters is 1. The molecule has 1 unspecified atom stereocenters. The fourth-order valence-electron chi connectivity index (χ4n) is 3.46. The van der Waals surface area contributed by atoms with Crippen LogP contribution >= 0.6 is 0 Å². The van der Waals surface area contributed by atoms with Crippen molar-refractivity contribution >= 4 is 5.97 Å². The van der Waals surface area contributed by atoms with E-state index in [2.05, 4.69) is 27.1 Å². The Morgan fingerprint density at radius 2 is 2.14 bits per heavy atom. The van der Waals surface area contributed by atoms with Crippen molar-refractivity contribution in [2.45, 2.75) is 19.4 Å². The van der Waals surface area contributed by atoms with Gasteiger partial charge in [0.15, 0.2) is 6.61 Å². The molecule has 5 heteroatoms. The van der Waals surface area contributed by atoms with Gasteiger partial charge < -0.3 is 14.8 Å². The van der Waals surface area contributed by atoms with Crippen molar-refractivity contribution in [2.24, 2.45) is 5.41 Å². The molecule has 1 aromatic carbocycles. The van der Waals surface area contributed by atoms with Crippen molar-refractivity contribution in [1.82, 2.24) is 10.2 Å². The van der Waals surface area contributed by atoms with Crippen LogP contribution in [0.4, 0.5) is 0 Å². The van der Waals surface area contributed by atoms with Crippen LogP contribution in [0.3, 0.4) is 0 Å². The SMILES string of the molecule is COC(=O)COc1ccc(CN2CCC3(CCNC3)C2)cc1. The van der Waals surface area contributed by atoms with Gasteiger partial charge in [-0.15, -0.1) is 0 Å². The van der Waals surface area contributed by atoms with Gasteiger partial charge in [-0.25, -0.2) is 4.79 Å². The molecule has 1 spiro atoms. The maximum absolute atomic E-state index is 11.0. The molecule has 0 bridgehead atoms. The van der Waals surface area contributed by atoms with E-state index in [0.29, 0.717) is 11.2 Å². The summed E-state index contributed by atoms with van der Waals surface area (Å²) >= 11 is 0. The number of rotatable bonds is 5. The first kappa shape index (κ1) is 15.3. The zero-order valence-electron chi connectivity index (χ0n) is 13.1. The van der Waals surface area contributed by atoms with E-state index in [1.54, 1.807) is 0 Å². The van der Waals surface area contributed by atoms with Crippen LogP contribution in [-0.4, -0.2) is 50.8 Å². The second-order valence-corrected chi connectivity index (χ2v) is 6.40. The van der Waals surface area contributed by atoms with Gasteiger partial charge in [0.2, 0.25) is 0 Å². The molecule has 22 heavy (non-hydrogen) atoms. The van der Waals surface area contributed by atoms with E-state index in [4.69, 9.17) is 4.74 Å². The third kappa shape index (κ3) is 3.59. The van der Waals surface area contributed by atoms with Crippen LogP contribution in [0.15, 0.2) is 24.3 Å². The lowest BCUT2D eigenvalue weighted by atomic mass is 9.86. The molecule has 3 rings (SSSR count). The summed E-state index contributed by atoms with van der Waals surface area (Å²) in [6.07, 6.45) is 2.62. The Labute approximate surface area is 131 Å². The van der Waals surface area contributed by atoms with E-state index < -0.39 is 0 Å². The Bertz CT molecular complexity index is 509. The fourth-order valence-corrected chi connectivity index (χ4v) is 3.46. The Morgan fingerprint density at radius 3 is 2.82 bits per heavy atom. The van der Waals surface area contributed by atoms with Crippen LogP contribution in [0.2, 0.25) is 0 Å². The van der Waals surface area contributed by atoms with E-state index in [-0.39, 0.29) is 12.6 Å². The summed E-state index contributed by atoms with van der Waals surface area (Å²) in [5.74, 6) is 0.337. The highest BCUT2D eigenvalue weighted by Crippen LogP contribution is 2.36. The normalized spacial score (nSPS) is 24.8. The third-order valence-corrected chi connectivity index (χ3v) is 4.76. The summed E-state index contributed by atoms with van der Waals surface area (Å²) in [6, 6.07) is 7.98. The van der Waals surface area contributed by atoms with E-state index in [0.717, 1.165) is 6.54 Å². The van der Waals surface area contributed by atoms with Gasteiger partial charge >= 0.3 is 5.97 Å². The number of nitrogens with one attached hydrogen (secondary N) is 1. The smallest absolute Gasteiger partial charge is 0.343 e. The minimum absolute atomic E-state index is 0.0442. The first-order valence-electron chi connectivity index (χ1n) is 7.91.